The van der Waals surface area contributed by atoms with Crippen LogP contribution < -0.4 is 0 Å². The molecule has 0 bridgehead atoms. The molecule has 0 atom stereocenters. The highest BCUT2D eigenvalue weighted by Crippen LogP contribution is 2.41. The van der Waals surface area contributed by atoms with Crippen LogP contribution in [0.1, 0.15) is 0 Å². The Morgan fingerprint density at radius 2 is 1.16 bits per heavy atom. The van der Waals surface area contributed by atoms with Crippen LogP contribution in [0.5, 0.6) is 0 Å². The zero-order chi connectivity index (χ0) is 28.1. The van der Waals surface area contributed by atoms with Crippen molar-refractivity contribution in [2.45, 2.75) is 0 Å². The predicted octanol–water partition coefficient (Wildman–Crippen LogP) is 11.6. The largest absolute Gasteiger partial charge is 0.354 e. The van der Waals surface area contributed by atoms with E-state index in [1.54, 1.807) is 0 Å². The summed E-state index contributed by atoms with van der Waals surface area (Å²) < 4.78 is 5.06. The van der Waals surface area contributed by atoms with E-state index in [2.05, 4.69) is 149 Å². The second-order valence-corrected chi connectivity index (χ2v) is 12.5. The van der Waals surface area contributed by atoms with Crippen molar-refractivity contribution in [1.82, 2.24) is 9.55 Å². The fourth-order valence-corrected chi connectivity index (χ4v) is 8.25. The van der Waals surface area contributed by atoms with E-state index in [0.717, 1.165) is 0 Å². The normalized spacial score (nSPS) is 12.2. The third kappa shape index (κ3) is 3.28. The summed E-state index contributed by atoms with van der Waals surface area (Å²) in [4.78, 5) is 3.73. The van der Waals surface area contributed by atoms with Crippen LogP contribution in [-0.2, 0) is 0 Å². The molecule has 0 radical (unpaired) electrons. The van der Waals surface area contributed by atoms with Crippen LogP contribution in [0.3, 0.4) is 0 Å². The molecule has 43 heavy (non-hydrogen) atoms. The van der Waals surface area contributed by atoms with Gasteiger partial charge in [0.15, 0.2) is 0 Å². The van der Waals surface area contributed by atoms with Gasteiger partial charge in [-0.25, -0.2) is 0 Å². The fraction of sp³-hybridized carbons (Fsp3) is 0. The van der Waals surface area contributed by atoms with E-state index in [1.165, 1.54) is 91.4 Å². The van der Waals surface area contributed by atoms with Gasteiger partial charge in [-0.2, -0.15) is 0 Å². The molecule has 3 heteroatoms. The topological polar surface area (TPSA) is 20.7 Å². The zero-order valence-corrected chi connectivity index (χ0v) is 24.0. The first-order valence-corrected chi connectivity index (χ1v) is 15.5. The van der Waals surface area contributed by atoms with Gasteiger partial charge >= 0.3 is 0 Å². The molecule has 200 valence electrons. The molecule has 0 fully saturated rings. The monoisotopic (exact) mass is 564 g/mol. The second-order valence-electron chi connectivity index (χ2n) is 11.5. The van der Waals surface area contributed by atoms with E-state index >= 15 is 0 Å². The van der Waals surface area contributed by atoms with Crippen molar-refractivity contribution >= 4 is 85.9 Å². The highest BCUT2D eigenvalue weighted by atomic mass is 32.1. The van der Waals surface area contributed by atoms with Crippen LogP contribution in [0.4, 0.5) is 0 Å². The first kappa shape index (κ1) is 23.2. The minimum atomic E-state index is 1.17. The first-order valence-electron chi connectivity index (χ1n) is 14.7. The highest BCUT2D eigenvalue weighted by Gasteiger charge is 2.15. The lowest BCUT2D eigenvalue weighted by Crippen LogP contribution is -1.92. The van der Waals surface area contributed by atoms with Gasteiger partial charge < -0.3 is 9.55 Å². The zero-order valence-electron chi connectivity index (χ0n) is 23.1. The van der Waals surface area contributed by atoms with Crippen LogP contribution in [0, 0.1) is 0 Å². The third-order valence-electron chi connectivity index (χ3n) is 9.10. The standard InChI is InChI=1S/C40H24N2S/c1-2-8-27(9-3-1)42-36-12-6-4-10-28(36)33-21-25(15-18-37(33)42)24-14-17-34-31(20-24)32-22-26-16-19-39-40(30(26)23-35(32)41-34)29-11-5-7-13-38(29)43-39/h1-23,41H. The Kier molecular flexibility index (Phi) is 4.63. The molecule has 0 aliphatic rings. The number of thiophene rings is 1. The second kappa shape index (κ2) is 8.57. The number of nitrogens with one attached hydrogen (secondary N) is 1. The van der Waals surface area contributed by atoms with Gasteiger partial charge in [0, 0.05) is 58.4 Å². The Morgan fingerprint density at radius 1 is 0.442 bits per heavy atom. The van der Waals surface area contributed by atoms with Crippen molar-refractivity contribution in [3.8, 4) is 16.8 Å². The van der Waals surface area contributed by atoms with Crippen molar-refractivity contribution in [1.29, 1.82) is 0 Å². The number of H-pyrrole nitrogens is 1. The molecule has 0 unspecified atom stereocenters. The molecule has 10 rings (SSSR count). The lowest BCUT2D eigenvalue weighted by atomic mass is 9.99. The summed E-state index contributed by atoms with van der Waals surface area (Å²) in [6.07, 6.45) is 0. The maximum absolute atomic E-state index is 3.73. The summed E-state index contributed by atoms with van der Waals surface area (Å²) >= 11 is 1.88. The maximum Gasteiger partial charge on any atom is 0.0541 e. The van der Waals surface area contributed by atoms with E-state index in [4.69, 9.17) is 0 Å². The summed E-state index contributed by atoms with van der Waals surface area (Å²) in [5.41, 5.74) is 8.45. The Balaban J connectivity index is 1.18. The van der Waals surface area contributed by atoms with Crippen LogP contribution in [0.25, 0.3) is 91.4 Å². The van der Waals surface area contributed by atoms with Crippen LogP contribution in [0.2, 0.25) is 0 Å². The van der Waals surface area contributed by atoms with E-state index in [0.29, 0.717) is 0 Å². The number of nitrogens with zero attached hydrogens (tertiary/aromatic N) is 1. The van der Waals surface area contributed by atoms with Gasteiger partial charge in [0.2, 0.25) is 0 Å². The number of hydrogen-bond donors (Lipinski definition) is 1. The quantitative estimate of drug-likeness (QED) is 0.216. The Morgan fingerprint density at radius 3 is 2.07 bits per heavy atom. The van der Waals surface area contributed by atoms with E-state index in [9.17, 15) is 0 Å². The molecule has 0 saturated carbocycles. The molecule has 3 heterocycles. The van der Waals surface area contributed by atoms with Crippen molar-refractivity contribution < 1.29 is 0 Å². The SMILES string of the molecule is c1ccc(-n2c3ccccc3c3cc(-c4ccc5[nH]c6cc7c(ccc8sc9ccccc9c87)cc6c5c4)ccc32)cc1. The molecular weight excluding hydrogens is 541 g/mol. The fourth-order valence-electron chi connectivity index (χ4n) is 7.13. The maximum atomic E-state index is 3.73. The number of benzene rings is 7. The molecule has 0 aliphatic carbocycles. The molecule has 0 amide bonds. The lowest BCUT2D eigenvalue weighted by Gasteiger charge is -2.08. The molecule has 1 N–H and O–H groups in total. The van der Waals surface area contributed by atoms with Gasteiger partial charge in [-0.15, -0.1) is 11.3 Å². The predicted molar refractivity (Wildman–Crippen MR) is 186 cm³/mol. The van der Waals surface area contributed by atoms with Crippen LogP contribution in [-0.4, -0.2) is 9.55 Å². The Labute approximate surface area is 251 Å². The first-order chi connectivity index (χ1) is 21.3. The van der Waals surface area contributed by atoms with Crippen molar-refractivity contribution in [3.05, 3.63) is 140 Å². The average Bonchev–Trinajstić information content (AvgIpc) is 3.72. The molecule has 10 aromatic rings. The van der Waals surface area contributed by atoms with Gasteiger partial charge in [-0.05, 0) is 88.6 Å². The Bertz CT molecular complexity index is 2720. The van der Waals surface area contributed by atoms with Gasteiger partial charge in [0.05, 0.1) is 11.0 Å². The van der Waals surface area contributed by atoms with Gasteiger partial charge in [0.25, 0.3) is 0 Å². The number of hydrogen-bond acceptors (Lipinski definition) is 1. The van der Waals surface area contributed by atoms with E-state index in [1.807, 2.05) is 11.3 Å². The summed E-state index contributed by atoms with van der Waals surface area (Å²) in [5, 5.41) is 10.4. The number of fused-ring (bicyclic) bond motifs is 11. The molecule has 0 spiro atoms. The number of aromatic nitrogens is 2. The third-order valence-corrected chi connectivity index (χ3v) is 10.2. The molecular formula is C40H24N2S. The van der Waals surface area contributed by atoms with Crippen LogP contribution >= 0.6 is 11.3 Å². The molecule has 0 aliphatic heterocycles. The molecule has 2 nitrogen and oxygen atoms in total. The Hall–Kier alpha value is -5.38. The molecule has 7 aromatic carbocycles. The summed E-state index contributed by atoms with van der Waals surface area (Å²) in [6, 6.07) is 51.2. The number of aromatic amines is 1. The molecule has 0 saturated heterocycles. The van der Waals surface area contributed by atoms with E-state index in [-0.39, 0.29) is 0 Å². The minimum absolute atomic E-state index is 1.17. The summed E-state index contributed by atoms with van der Waals surface area (Å²) in [5.74, 6) is 0. The van der Waals surface area contributed by atoms with Crippen LogP contribution in [0.15, 0.2) is 140 Å². The lowest BCUT2D eigenvalue weighted by molar-refractivity contribution is 1.18. The minimum Gasteiger partial charge on any atom is -0.354 e. The van der Waals surface area contributed by atoms with Gasteiger partial charge in [0.1, 0.15) is 0 Å². The average molecular weight is 565 g/mol. The van der Waals surface area contributed by atoms with E-state index < -0.39 is 0 Å². The number of para-hydroxylation sites is 2. The summed E-state index contributed by atoms with van der Waals surface area (Å²) in [7, 11) is 0. The van der Waals surface area contributed by atoms with Gasteiger partial charge in [-0.3, -0.25) is 0 Å². The summed E-state index contributed by atoms with van der Waals surface area (Å²) in [6.45, 7) is 0. The highest BCUT2D eigenvalue weighted by molar-refractivity contribution is 7.26. The number of rotatable bonds is 2. The van der Waals surface area contributed by atoms with Gasteiger partial charge in [-0.1, -0.05) is 72.8 Å². The smallest absolute Gasteiger partial charge is 0.0541 e. The van der Waals surface area contributed by atoms with Crippen molar-refractivity contribution in [2.75, 3.05) is 0 Å². The molecule has 3 aromatic heterocycles. The van der Waals surface area contributed by atoms with Crippen molar-refractivity contribution in [3.63, 3.8) is 0 Å². The van der Waals surface area contributed by atoms with Crippen molar-refractivity contribution in [2.24, 2.45) is 0 Å².